The summed E-state index contributed by atoms with van der Waals surface area (Å²) in [6.45, 7) is 7.37. The first-order chi connectivity index (χ1) is 19.0. The van der Waals surface area contributed by atoms with Gasteiger partial charge in [0.25, 0.3) is 0 Å². The maximum atomic E-state index is 13.4. The topological polar surface area (TPSA) is 69.1 Å². The molecule has 0 aliphatic carbocycles. The molecule has 0 bridgehead atoms. The number of benzene rings is 2. The molecule has 8 heteroatoms. The van der Waals surface area contributed by atoms with Gasteiger partial charge in [-0.3, -0.25) is 4.57 Å². The van der Waals surface area contributed by atoms with Crippen LogP contribution in [0, 0.1) is 0 Å². The van der Waals surface area contributed by atoms with Crippen LogP contribution in [0.25, 0.3) is 11.3 Å². The van der Waals surface area contributed by atoms with Gasteiger partial charge in [-0.1, -0.05) is 32.8 Å². The van der Waals surface area contributed by atoms with Gasteiger partial charge in [0, 0.05) is 55.8 Å². The summed E-state index contributed by atoms with van der Waals surface area (Å²) < 4.78 is 18.9. The van der Waals surface area contributed by atoms with Crippen molar-refractivity contribution < 1.29 is 19.0 Å². The van der Waals surface area contributed by atoms with E-state index in [4.69, 9.17) is 14.2 Å². The van der Waals surface area contributed by atoms with Gasteiger partial charge in [0.05, 0.1) is 26.0 Å². The van der Waals surface area contributed by atoms with Crippen LogP contribution in [0.2, 0.25) is 0 Å². The van der Waals surface area contributed by atoms with Crippen LogP contribution in [0.15, 0.2) is 55.0 Å². The summed E-state index contributed by atoms with van der Waals surface area (Å²) >= 11 is 0. The van der Waals surface area contributed by atoms with Gasteiger partial charge >= 0.3 is 6.03 Å². The summed E-state index contributed by atoms with van der Waals surface area (Å²) in [6, 6.07) is 14.1. The van der Waals surface area contributed by atoms with Crippen molar-refractivity contribution in [1.29, 1.82) is 0 Å². The lowest BCUT2D eigenvalue weighted by Crippen LogP contribution is -2.46. The van der Waals surface area contributed by atoms with Crippen molar-refractivity contribution >= 4 is 11.7 Å². The number of carbonyl (C=O) groups excluding carboxylic acids is 1. The highest BCUT2D eigenvalue weighted by Gasteiger charge is 2.27. The molecule has 1 amide bonds. The summed E-state index contributed by atoms with van der Waals surface area (Å²) in [7, 11) is 3.57. The van der Waals surface area contributed by atoms with Gasteiger partial charge in [0.1, 0.15) is 23.6 Å². The van der Waals surface area contributed by atoms with Crippen LogP contribution in [0.1, 0.15) is 52.4 Å². The van der Waals surface area contributed by atoms with Crippen molar-refractivity contribution in [1.82, 2.24) is 14.5 Å². The lowest BCUT2D eigenvalue weighted by molar-refractivity contribution is 0.181. The van der Waals surface area contributed by atoms with Crippen LogP contribution in [0.3, 0.4) is 0 Å². The molecular formula is C31H42N4O4. The minimum absolute atomic E-state index is 0.0802. The smallest absolute Gasteiger partial charge is 0.329 e. The molecule has 0 radical (unpaired) electrons. The van der Waals surface area contributed by atoms with Gasteiger partial charge in [0.15, 0.2) is 0 Å². The average molecular weight is 535 g/mol. The predicted octanol–water partition coefficient (Wildman–Crippen LogP) is 6.49. The second kappa shape index (κ2) is 13.9. The van der Waals surface area contributed by atoms with E-state index in [1.54, 1.807) is 24.2 Å². The van der Waals surface area contributed by atoms with Crippen molar-refractivity contribution in [2.24, 2.45) is 0 Å². The molecule has 0 atom stereocenters. The number of ether oxygens (including phenoxy) is 3. The molecule has 1 aliphatic heterocycles. The van der Waals surface area contributed by atoms with Crippen molar-refractivity contribution in [3.8, 4) is 28.5 Å². The van der Waals surface area contributed by atoms with E-state index in [1.807, 2.05) is 42.3 Å². The maximum absolute atomic E-state index is 13.4. The molecule has 1 saturated heterocycles. The zero-order valence-corrected chi connectivity index (χ0v) is 23.8. The predicted molar refractivity (Wildman–Crippen MR) is 155 cm³/mol. The van der Waals surface area contributed by atoms with E-state index in [0.717, 1.165) is 80.1 Å². The van der Waals surface area contributed by atoms with Crippen molar-refractivity contribution in [3.05, 3.63) is 55.0 Å². The minimum atomic E-state index is -0.0802. The Morgan fingerprint density at radius 3 is 2.26 bits per heavy atom. The quantitative estimate of drug-likeness (QED) is 0.248. The highest BCUT2D eigenvalue weighted by molar-refractivity contribution is 5.78. The summed E-state index contributed by atoms with van der Waals surface area (Å²) in [5.74, 6) is 2.37. The summed E-state index contributed by atoms with van der Waals surface area (Å²) in [5.41, 5.74) is 2.74. The summed E-state index contributed by atoms with van der Waals surface area (Å²) in [4.78, 5) is 22.1. The number of methoxy groups -OCH3 is 1. The molecular weight excluding hydrogens is 492 g/mol. The third kappa shape index (κ3) is 7.46. The number of imidazole rings is 1. The molecule has 2 aromatic carbocycles. The number of piperidine rings is 1. The van der Waals surface area contributed by atoms with E-state index in [9.17, 15) is 4.79 Å². The fraction of sp³-hybridized carbons (Fsp3) is 0.484. The van der Waals surface area contributed by atoms with Crippen LogP contribution in [-0.2, 0) is 0 Å². The fourth-order valence-electron chi connectivity index (χ4n) is 4.79. The highest BCUT2D eigenvalue weighted by atomic mass is 16.5. The molecule has 0 unspecified atom stereocenters. The zero-order chi connectivity index (χ0) is 27.6. The first-order valence-corrected chi connectivity index (χ1v) is 14.1. The second-order valence-corrected chi connectivity index (χ2v) is 10.1. The first kappa shape index (κ1) is 28.3. The second-order valence-electron chi connectivity index (χ2n) is 10.1. The van der Waals surface area contributed by atoms with Gasteiger partial charge < -0.3 is 24.0 Å². The average Bonchev–Trinajstić information content (AvgIpc) is 3.47. The van der Waals surface area contributed by atoms with Crippen molar-refractivity contribution in [2.75, 3.05) is 45.4 Å². The highest BCUT2D eigenvalue weighted by Crippen LogP contribution is 2.30. The number of amides is 1. The Bertz CT molecular complexity index is 1170. The van der Waals surface area contributed by atoms with Crippen molar-refractivity contribution in [3.63, 3.8) is 0 Å². The van der Waals surface area contributed by atoms with E-state index in [2.05, 4.69) is 35.9 Å². The number of anilines is 1. The molecule has 39 heavy (non-hydrogen) atoms. The molecule has 4 rings (SSSR count). The SMILES string of the molecule is CCCCOc1cc(OCCCC)cc(-c2cn(C(=O)N(C)C3CCN(c4cccc(OC)c4)CC3)cn2)c1. The number of hydrogen-bond donors (Lipinski definition) is 0. The van der Waals surface area contributed by atoms with Gasteiger partial charge in [-0.05, 0) is 49.9 Å². The van der Waals surface area contributed by atoms with Crippen LogP contribution in [0.5, 0.6) is 17.2 Å². The van der Waals surface area contributed by atoms with Gasteiger partial charge in [-0.2, -0.15) is 0 Å². The number of hydrogen-bond acceptors (Lipinski definition) is 6. The molecule has 0 spiro atoms. The Morgan fingerprint density at radius 2 is 1.64 bits per heavy atom. The van der Waals surface area contributed by atoms with E-state index in [1.165, 1.54) is 0 Å². The minimum Gasteiger partial charge on any atom is -0.497 e. The normalized spacial score (nSPS) is 13.8. The Labute approximate surface area is 232 Å². The Hall–Kier alpha value is -3.68. The van der Waals surface area contributed by atoms with Gasteiger partial charge in [-0.15, -0.1) is 0 Å². The molecule has 1 fully saturated rings. The fourth-order valence-corrected chi connectivity index (χ4v) is 4.79. The Morgan fingerprint density at radius 1 is 0.974 bits per heavy atom. The first-order valence-electron chi connectivity index (χ1n) is 14.1. The zero-order valence-electron chi connectivity index (χ0n) is 23.8. The summed E-state index contributed by atoms with van der Waals surface area (Å²) in [6.07, 6.45) is 9.31. The van der Waals surface area contributed by atoms with Gasteiger partial charge in [-0.25, -0.2) is 9.78 Å². The molecule has 3 aromatic rings. The standard InChI is InChI=1S/C31H42N4O4/c1-5-7-16-38-28-18-24(19-29(21-28)39-17-8-6-2)30-22-35(23-32-30)31(36)33(3)25-12-14-34(15-13-25)26-10-9-11-27(20-26)37-4/h9-11,18-23,25H,5-8,12-17H2,1-4H3. The third-order valence-corrected chi connectivity index (χ3v) is 7.24. The lowest BCUT2D eigenvalue weighted by Gasteiger charge is -2.37. The number of carbonyl (C=O) groups is 1. The van der Waals surface area contributed by atoms with E-state index < -0.39 is 0 Å². The molecule has 2 heterocycles. The van der Waals surface area contributed by atoms with Crippen LogP contribution >= 0.6 is 0 Å². The van der Waals surface area contributed by atoms with Crippen LogP contribution in [0.4, 0.5) is 10.5 Å². The van der Waals surface area contributed by atoms with Crippen LogP contribution < -0.4 is 19.1 Å². The number of unbranched alkanes of at least 4 members (excludes halogenated alkanes) is 2. The molecule has 0 N–H and O–H groups in total. The Kier molecular flexibility index (Phi) is 10.1. The molecule has 210 valence electrons. The van der Waals surface area contributed by atoms with E-state index in [-0.39, 0.29) is 12.1 Å². The van der Waals surface area contributed by atoms with E-state index >= 15 is 0 Å². The largest absolute Gasteiger partial charge is 0.497 e. The third-order valence-electron chi connectivity index (χ3n) is 7.24. The van der Waals surface area contributed by atoms with Crippen molar-refractivity contribution in [2.45, 2.75) is 58.4 Å². The molecule has 0 saturated carbocycles. The maximum Gasteiger partial charge on any atom is 0.329 e. The van der Waals surface area contributed by atoms with Gasteiger partial charge in [0.2, 0.25) is 0 Å². The number of nitrogens with zero attached hydrogens (tertiary/aromatic N) is 4. The lowest BCUT2D eigenvalue weighted by atomic mass is 10.0. The van der Waals surface area contributed by atoms with E-state index in [0.29, 0.717) is 18.9 Å². The molecule has 8 nitrogen and oxygen atoms in total. The number of aromatic nitrogens is 2. The number of rotatable bonds is 12. The summed E-state index contributed by atoms with van der Waals surface area (Å²) in [5, 5.41) is 0. The molecule has 1 aliphatic rings. The van der Waals surface area contributed by atoms with Crippen LogP contribution in [-0.4, -0.2) is 67.0 Å². The Balaban J connectivity index is 1.42. The monoisotopic (exact) mass is 534 g/mol. The molecule has 1 aromatic heterocycles.